The third-order valence-electron chi connectivity index (χ3n) is 4.20. The third-order valence-corrected chi connectivity index (χ3v) is 4.80. The van der Waals surface area contributed by atoms with E-state index in [1.54, 1.807) is 6.92 Å². The fraction of sp³-hybridized carbons (Fsp3) is 0.500. The molecule has 2 heterocycles. The normalized spacial score (nSPS) is 16.7. The zero-order valence-corrected chi connectivity index (χ0v) is 17.3. The van der Waals surface area contributed by atoms with Crippen LogP contribution in [0.4, 0.5) is 8.78 Å². The van der Waals surface area contributed by atoms with Crippen LogP contribution in [0, 0.1) is 12.8 Å². The number of halogens is 4. The van der Waals surface area contributed by atoms with Gasteiger partial charge in [0.15, 0.2) is 12.4 Å². The molecule has 27 heavy (non-hydrogen) atoms. The van der Waals surface area contributed by atoms with Crippen LogP contribution < -0.4 is 10.1 Å². The molecular formula is C16H16ClF2IN4O3. The average molecular weight is 513 g/mol. The smallest absolute Gasteiger partial charge is 0.329 e. The van der Waals surface area contributed by atoms with Gasteiger partial charge in [-0.1, -0.05) is 16.8 Å². The van der Waals surface area contributed by atoms with E-state index in [9.17, 15) is 13.6 Å². The van der Waals surface area contributed by atoms with Crippen LogP contribution in [0.15, 0.2) is 16.8 Å². The summed E-state index contributed by atoms with van der Waals surface area (Å²) in [4.78, 5) is 20.9. The Balaban J connectivity index is 1.80. The number of carbonyl (C=O) groups is 1. The van der Waals surface area contributed by atoms with Crippen molar-refractivity contribution in [3.05, 3.63) is 34.7 Å². The number of aromatic nitrogens is 3. The molecule has 2 aromatic rings. The van der Waals surface area contributed by atoms with Crippen molar-refractivity contribution in [3.8, 4) is 5.75 Å². The number of hydrogen-bond acceptors (Lipinski definition) is 6. The molecule has 146 valence electrons. The number of aryl methyl sites for hydroxylation is 1. The van der Waals surface area contributed by atoms with E-state index in [4.69, 9.17) is 20.9 Å². The van der Waals surface area contributed by atoms with E-state index >= 15 is 0 Å². The van der Waals surface area contributed by atoms with Crippen molar-refractivity contribution < 1.29 is 22.8 Å². The maximum absolute atomic E-state index is 13.0. The molecular weight excluding hydrogens is 497 g/mol. The van der Waals surface area contributed by atoms with Crippen LogP contribution in [0.25, 0.3) is 0 Å². The second-order valence-corrected chi connectivity index (χ2v) is 8.46. The Morgan fingerprint density at radius 3 is 2.78 bits per heavy atom. The van der Waals surface area contributed by atoms with E-state index < -0.39 is 22.0 Å². The topological polar surface area (TPSA) is 90.1 Å². The Morgan fingerprint density at radius 1 is 1.52 bits per heavy atom. The highest BCUT2D eigenvalue weighted by molar-refractivity contribution is 14.1. The van der Waals surface area contributed by atoms with Crippen LogP contribution >= 0.6 is 34.2 Å². The van der Waals surface area contributed by atoms with Crippen molar-refractivity contribution in [3.63, 3.8) is 0 Å². The van der Waals surface area contributed by atoms with Crippen molar-refractivity contribution in [1.29, 1.82) is 0 Å². The van der Waals surface area contributed by atoms with Gasteiger partial charge in [-0.25, -0.2) is 4.98 Å². The van der Waals surface area contributed by atoms with Crippen LogP contribution in [-0.2, 0) is 5.54 Å². The molecule has 0 saturated heterocycles. The molecule has 2 aromatic heterocycles. The lowest BCUT2D eigenvalue weighted by Gasteiger charge is -2.27. The van der Waals surface area contributed by atoms with Gasteiger partial charge < -0.3 is 14.6 Å². The van der Waals surface area contributed by atoms with Crippen molar-refractivity contribution in [2.75, 3.05) is 6.61 Å². The maximum Gasteiger partial charge on any atom is 0.329 e. The molecule has 1 aliphatic carbocycles. The van der Waals surface area contributed by atoms with E-state index in [0.717, 1.165) is 35.4 Å². The Kier molecular flexibility index (Phi) is 5.57. The molecule has 1 N–H and O–H groups in total. The van der Waals surface area contributed by atoms with E-state index in [1.807, 2.05) is 6.92 Å². The number of pyridine rings is 1. The van der Waals surface area contributed by atoms with Crippen molar-refractivity contribution >= 4 is 40.1 Å². The highest BCUT2D eigenvalue weighted by atomic mass is 127. The molecule has 1 saturated carbocycles. The minimum atomic E-state index is -3.06. The third kappa shape index (κ3) is 4.84. The van der Waals surface area contributed by atoms with Crippen LogP contribution in [-0.4, -0.2) is 31.6 Å². The van der Waals surface area contributed by atoms with Gasteiger partial charge in [-0.2, -0.15) is 13.8 Å². The Morgan fingerprint density at radius 2 is 2.22 bits per heavy atom. The fourth-order valence-corrected chi connectivity index (χ4v) is 2.94. The second-order valence-electron chi connectivity index (χ2n) is 6.47. The fourth-order valence-electron chi connectivity index (χ4n) is 2.63. The molecule has 11 heteroatoms. The summed E-state index contributed by atoms with van der Waals surface area (Å²) in [5, 5.41) is 6.85. The minimum Gasteiger partial charge on any atom is -0.485 e. The zero-order chi connectivity index (χ0) is 19.8. The van der Waals surface area contributed by atoms with Crippen LogP contribution in [0.3, 0.4) is 0 Å². The number of nitrogens with zero attached hydrogens (tertiary/aromatic N) is 3. The van der Waals surface area contributed by atoms with Crippen LogP contribution in [0.1, 0.15) is 42.0 Å². The van der Waals surface area contributed by atoms with Gasteiger partial charge in [0.25, 0.3) is 5.91 Å². The molecule has 0 bridgehead atoms. The number of nitrogens with one attached hydrogen (secondary N) is 1. The van der Waals surface area contributed by atoms with Crippen LogP contribution in [0.2, 0.25) is 5.02 Å². The molecule has 7 nitrogen and oxygen atoms in total. The van der Waals surface area contributed by atoms with Gasteiger partial charge >= 0.3 is 3.93 Å². The van der Waals surface area contributed by atoms with Crippen molar-refractivity contribution in [2.24, 2.45) is 5.92 Å². The zero-order valence-electron chi connectivity index (χ0n) is 14.4. The van der Waals surface area contributed by atoms with Gasteiger partial charge in [-0.3, -0.25) is 4.79 Å². The highest BCUT2D eigenvalue weighted by Crippen LogP contribution is 2.44. The predicted octanol–water partition coefficient (Wildman–Crippen LogP) is 3.89. The standard InChI is InChI=1S/C16H16ClF2IN4O3/c1-8-22-14(24-27-8)15(2,9-3-4-9)23-13(25)11-5-12(10(17)6-21-11)26-7-16(18,19)20/h5-6,9H,3-4,7H2,1-2H3,(H,23,25). The first-order chi connectivity index (χ1) is 12.6. The lowest BCUT2D eigenvalue weighted by Crippen LogP contribution is -2.46. The van der Waals surface area contributed by atoms with Crippen molar-refractivity contribution in [2.45, 2.75) is 36.2 Å². The van der Waals surface area contributed by atoms with Gasteiger partial charge in [0.2, 0.25) is 5.89 Å². The van der Waals surface area contributed by atoms with Crippen LogP contribution in [0.5, 0.6) is 5.75 Å². The van der Waals surface area contributed by atoms with E-state index in [2.05, 4.69) is 20.4 Å². The van der Waals surface area contributed by atoms with E-state index in [-0.39, 0.29) is 22.4 Å². The SMILES string of the molecule is Cc1nc(C(C)(NC(=O)c2cc(OCC(F)(F)I)c(Cl)cn2)C2CC2)no1. The summed E-state index contributed by atoms with van der Waals surface area (Å²) in [5.74, 6) is 0.377. The van der Waals surface area contributed by atoms with Gasteiger partial charge in [0.1, 0.15) is 22.0 Å². The summed E-state index contributed by atoms with van der Waals surface area (Å²) in [6, 6.07) is 1.23. The van der Waals surface area contributed by atoms with Gasteiger partial charge in [0.05, 0.1) is 6.20 Å². The highest BCUT2D eigenvalue weighted by Gasteiger charge is 2.47. The summed E-state index contributed by atoms with van der Waals surface area (Å²) in [5.41, 5.74) is -0.842. The van der Waals surface area contributed by atoms with E-state index in [0.29, 0.717) is 11.7 Å². The lowest BCUT2D eigenvalue weighted by molar-refractivity contribution is 0.0646. The second kappa shape index (κ2) is 7.46. The summed E-state index contributed by atoms with van der Waals surface area (Å²) < 4.78 is 33.0. The largest absolute Gasteiger partial charge is 0.485 e. The Bertz CT molecular complexity index is 856. The quantitative estimate of drug-likeness (QED) is 0.447. The molecule has 0 aliphatic heterocycles. The number of alkyl halides is 3. The first-order valence-corrected chi connectivity index (χ1v) is 9.52. The van der Waals surface area contributed by atoms with Crippen molar-refractivity contribution in [1.82, 2.24) is 20.4 Å². The summed E-state index contributed by atoms with van der Waals surface area (Å²) in [6.07, 6.45) is 3.01. The van der Waals surface area contributed by atoms with E-state index in [1.165, 1.54) is 12.3 Å². The molecule has 1 unspecified atom stereocenters. The lowest BCUT2D eigenvalue weighted by atomic mass is 9.94. The Hall–Kier alpha value is -1.56. The molecule has 1 aliphatic rings. The molecule has 1 atom stereocenters. The number of hydrogen-bond donors (Lipinski definition) is 1. The molecule has 3 rings (SSSR count). The summed E-state index contributed by atoms with van der Waals surface area (Å²) in [7, 11) is 0. The number of carbonyl (C=O) groups excluding carboxylic acids is 1. The molecule has 1 fully saturated rings. The van der Waals surface area contributed by atoms with Gasteiger partial charge in [0, 0.05) is 35.6 Å². The first-order valence-electron chi connectivity index (χ1n) is 8.07. The number of amides is 1. The van der Waals surface area contributed by atoms with Gasteiger partial charge in [-0.15, -0.1) is 0 Å². The maximum atomic E-state index is 13.0. The first kappa shape index (κ1) is 20.2. The number of ether oxygens (including phenoxy) is 1. The molecule has 0 radical (unpaired) electrons. The van der Waals surface area contributed by atoms with Gasteiger partial charge in [-0.05, 0) is 25.7 Å². The minimum absolute atomic E-state index is 0.0155. The summed E-state index contributed by atoms with van der Waals surface area (Å²) >= 11 is 6.88. The monoisotopic (exact) mass is 512 g/mol. The predicted molar refractivity (Wildman–Crippen MR) is 100 cm³/mol. The summed E-state index contributed by atoms with van der Waals surface area (Å²) in [6.45, 7) is 2.61. The molecule has 1 amide bonds. The Labute approximate surface area is 172 Å². The number of rotatable bonds is 7. The molecule has 0 spiro atoms. The average Bonchev–Trinajstić information content (AvgIpc) is 3.35. The molecule has 0 aromatic carbocycles.